The van der Waals surface area contributed by atoms with E-state index in [0.29, 0.717) is 0 Å². The van der Waals surface area contributed by atoms with Gasteiger partial charge in [-0.15, -0.1) is 5.21 Å². The zero-order chi connectivity index (χ0) is 11.6. The van der Waals surface area contributed by atoms with Gasteiger partial charge in [0, 0.05) is 0 Å². The van der Waals surface area contributed by atoms with Gasteiger partial charge in [0.2, 0.25) is 0 Å². The van der Waals surface area contributed by atoms with Crippen LogP contribution in [-0.4, -0.2) is 55.0 Å². The second-order valence-corrected chi connectivity index (χ2v) is 3.43. The quantitative estimate of drug-likeness (QED) is 0.419. The fraction of sp³-hybridized carbons (Fsp3) is 0.833. The van der Waals surface area contributed by atoms with Crippen LogP contribution in [0.5, 0.6) is 0 Å². The Labute approximate surface area is 88.8 Å². The molecule has 0 rings (SSSR count). The van der Waals surface area contributed by atoms with Gasteiger partial charge in [-0.3, -0.25) is 4.79 Å². The van der Waals surface area contributed by atoms with Crippen LogP contribution in [0.2, 0.25) is 10.4 Å². The fourth-order valence-corrected chi connectivity index (χ4v) is 0.831. The summed E-state index contributed by atoms with van der Waals surface area (Å²) in [5.41, 5.74) is 10.5. The number of carboxylic acids is 1. The van der Waals surface area contributed by atoms with Crippen LogP contribution < -0.4 is 11.5 Å². The monoisotopic (exact) mass is 186 g/mol. The van der Waals surface area contributed by atoms with Crippen LogP contribution in [-0.2, 0) is 4.79 Å². The smallest absolute Gasteiger partial charge is 0.320 e. The van der Waals surface area contributed by atoms with E-state index in [2.05, 4.69) is 0 Å². The van der Waals surface area contributed by atoms with Gasteiger partial charge >= 0.3 is 5.97 Å². The summed E-state index contributed by atoms with van der Waals surface area (Å²) < 4.78 is 0. The molecular weight excluding hydrogens is 175 g/mol. The van der Waals surface area contributed by atoms with Crippen molar-refractivity contribution in [2.75, 3.05) is 6.54 Å². The number of nitrogens with two attached hydrogens (primary N) is 2. The molecule has 0 aromatic carbocycles. The molecule has 0 aliphatic carbocycles. The molecule has 0 fully saturated rings. The highest BCUT2D eigenvalue weighted by molar-refractivity contribution is 6.54. The molecule has 0 heterocycles. The predicted molar refractivity (Wildman–Crippen MR) is 57.7 cm³/mol. The lowest BCUT2D eigenvalue weighted by Crippen LogP contribution is -2.44. The molecule has 0 saturated heterocycles. The molecule has 68 valence electrons. The van der Waals surface area contributed by atoms with Gasteiger partial charge in [-0.25, -0.2) is 0 Å². The topological polar surface area (TPSA) is 89.3 Å². The van der Waals surface area contributed by atoms with Crippen molar-refractivity contribution in [3.63, 3.8) is 0 Å². The molecule has 0 aliphatic rings. The number of carboxylic acid groups (broad SMARTS) is 1. The molecule has 4 nitrogen and oxygen atoms in total. The van der Waals surface area contributed by atoms with Crippen molar-refractivity contribution in [2.45, 2.75) is 22.9 Å². The molecule has 0 aromatic rings. The fourth-order valence-electron chi connectivity index (χ4n) is 0.831. The van der Waals surface area contributed by atoms with Crippen molar-refractivity contribution in [3.8, 4) is 0 Å². The van der Waals surface area contributed by atoms with Crippen molar-refractivity contribution in [2.24, 2.45) is 11.5 Å². The molecule has 0 bridgehead atoms. The zero-order valence-corrected chi connectivity index (χ0v) is 7.81. The van der Waals surface area contributed by atoms with Gasteiger partial charge in [-0.05, 0) is 13.0 Å². The standard InChI is InChI=1S/C6H10B4N2O2/c7-5(8,6(9,10)2-11)1-3(12)4(13)14/h3H,1-2,11-12H2,(H,13,14)/t3-/m0/s1. The Morgan fingerprint density at radius 1 is 1.29 bits per heavy atom. The van der Waals surface area contributed by atoms with E-state index in [1.807, 2.05) is 0 Å². The minimum absolute atomic E-state index is 0.174. The van der Waals surface area contributed by atoms with E-state index in [4.69, 9.17) is 48.0 Å². The summed E-state index contributed by atoms with van der Waals surface area (Å²) in [4.78, 5) is 10.4. The summed E-state index contributed by atoms with van der Waals surface area (Å²) in [6.07, 6.45) is -0.257. The van der Waals surface area contributed by atoms with E-state index in [0.717, 1.165) is 0 Å². The van der Waals surface area contributed by atoms with Crippen molar-refractivity contribution >= 4 is 37.4 Å². The summed E-state index contributed by atoms with van der Waals surface area (Å²) >= 11 is 0. The highest BCUT2D eigenvalue weighted by atomic mass is 16.4. The zero-order valence-electron chi connectivity index (χ0n) is 7.81. The molecule has 0 aliphatic heterocycles. The lowest BCUT2D eigenvalue weighted by Gasteiger charge is -2.44. The average Bonchev–Trinajstić information content (AvgIpc) is 2.03. The Bertz CT molecular complexity index is 222. The first-order chi connectivity index (χ1) is 6.14. The largest absolute Gasteiger partial charge is 0.480 e. The van der Waals surface area contributed by atoms with Crippen molar-refractivity contribution in [3.05, 3.63) is 0 Å². The van der Waals surface area contributed by atoms with Gasteiger partial charge in [-0.1, -0.05) is 5.21 Å². The normalized spacial score (nSPS) is 15.0. The molecule has 5 N–H and O–H groups in total. The van der Waals surface area contributed by atoms with Crippen LogP contribution in [0.15, 0.2) is 0 Å². The van der Waals surface area contributed by atoms with Gasteiger partial charge in [0.05, 0.1) is 31.4 Å². The Kier molecular flexibility index (Phi) is 4.34. The maximum absolute atomic E-state index is 10.4. The minimum atomic E-state index is -1.63. The summed E-state index contributed by atoms with van der Waals surface area (Å²) in [5, 5.41) is 5.35. The van der Waals surface area contributed by atoms with Gasteiger partial charge < -0.3 is 16.6 Å². The van der Waals surface area contributed by atoms with Crippen LogP contribution in [0.1, 0.15) is 6.42 Å². The first kappa shape index (κ1) is 13.6. The number of hydrogen-bond acceptors (Lipinski definition) is 3. The molecule has 1 atom stereocenters. The SMILES string of the molecule is [B]C([B])(CN)C([B])([B])C[C@H](N)C(=O)O. The first-order valence-electron chi connectivity index (χ1n) is 3.98. The minimum Gasteiger partial charge on any atom is -0.480 e. The summed E-state index contributed by atoms with van der Waals surface area (Å²) in [6, 6.07) is -1.22. The highest BCUT2D eigenvalue weighted by Crippen LogP contribution is 2.43. The van der Waals surface area contributed by atoms with E-state index in [9.17, 15) is 4.79 Å². The second kappa shape index (κ2) is 4.45. The Balaban J connectivity index is 4.56. The first-order valence-corrected chi connectivity index (χ1v) is 3.98. The Hall–Kier alpha value is -0.350. The Morgan fingerprint density at radius 2 is 1.71 bits per heavy atom. The number of rotatable bonds is 5. The second-order valence-electron chi connectivity index (χ2n) is 3.43. The summed E-state index contributed by atoms with van der Waals surface area (Å²) in [6.45, 7) is -0.174. The maximum atomic E-state index is 10.4. The molecule has 0 aromatic heterocycles. The molecule has 8 heteroatoms. The van der Waals surface area contributed by atoms with E-state index in [-0.39, 0.29) is 13.0 Å². The van der Waals surface area contributed by atoms with Crippen LogP contribution in [0, 0.1) is 0 Å². The van der Waals surface area contributed by atoms with Gasteiger partial charge in [0.15, 0.2) is 0 Å². The molecule has 0 amide bonds. The van der Waals surface area contributed by atoms with Crippen molar-refractivity contribution in [1.82, 2.24) is 0 Å². The predicted octanol–water partition coefficient (Wildman–Crippen LogP) is -2.35. The molecule has 0 saturated carbocycles. The third-order valence-electron chi connectivity index (χ3n) is 2.08. The lowest BCUT2D eigenvalue weighted by atomic mass is 9.28. The van der Waals surface area contributed by atoms with Crippen LogP contribution >= 0.6 is 0 Å². The van der Waals surface area contributed by atoms with E-state index in [1.54, 1.807) is 0 Å². The summed E-state index contributed by atoms with van der Waals surface area (Å²) in [7, 11) is 22.1. The third kappa shape index (κ3) is 3.10. The van der Waals surface area contributed by atoms with E-state index < -0.39 is 22.4 Å². The molecule has 14 heavy (non-hydrogen) atoms. The van der Waals surface area contributed by atoms with Crippen molar-refractivity contribution in [1.29, 1.82) is 0 Å². The van der Waals surface area contributed by atoms with E-state index >= 15 is 0 Å². The van der Waals surface area contributed by atoms with Gasteiger partial charge in [0.25, 0.3) is 0 Å². The van der Waals surface area contributed by atoms with E-state index in [1.165, 1.54) is 0 Å². The summed E-state index contributed by atoms with van der Waals surface area (Å²) in [5.74, 6) is -1.22. The number of hydrogen-bond donors (Lipinski definition) is 3. The van der Waals surface area contributed by atoms with Crippen LogP contribution in [0.25, 0.3) is 0 Å². The van der Waals surface area contributed by atoms with Gasteiger partial charge in [-0.2, -0.15) is 0 Å². The molecule has 0 spiro atoms. The number of carbonyl (C=O) groups is 1. The molecule has 0 unspecified atom stereocenters. The van der Waals surface area contributed by atoms with Crippen LogP contribution in [0.3, 0.4) is 0 Å². The van der Waals surface area contributed by atoms with Crippen LogP contribution in [0.4, 0.5) is 0 Å². The van der Waals surface area contributed by atoms with Gasteiger partial charge in [0.1, 0.15) is 6.04 Å². The average molecular weight is 185 g/mol. The third-order valence-corrected chi connectivity index (χ3v) is 2.08. The maximum Gasteiger partial charge on any atom is 0.320 e. The highest BCUT2D eigenvalue weighted by Gasteiger charge is 2.36. The Morgan fingerprint density at radius 3 is 2.00 bits per heavy atom. The molecular formula is C6H10B4N2O2. The lowest BCUT2D eigenvalue weighted by molar-refractivity contribution is -0.138. The molecule has 8 radical (unpaired) electrons. The number of aliphatic carboxylic acids is 1. The van der Waals surface area contributed by atoms with Crippen molar-refractivity contribution < 1.29 is 9.90 Å².